The zero-order valence-electron chi connectivity index (χ0n) is 10.6. The van der Waals surface area contributed by atoms with Crippen LogP contribution in [0, 0.1) is 6.92 Å². The van der Waals surface area contributed by atoms with E-state index in [2.05, 4.69) is 20.7 Å². The lowest BCUT2D eigenvalue weighted by Crippen LogP contribution is -2.11. The van der Waals surface area contributed by atoms with E-state index >= 15 is 0 Å². The summed E-state index contributed by atoms with van der Waals surface area (Å²) in [6.45, 7) is 1.92. The summed E-state index contributed by atoms with van der Waals surface area (Å²) in [5.74, 6) is 6.83. The zero-order valence-corrected chi connectivity index (χ0v) is 11.3. The van der Waals surface area contributed by atoms with E-state index in [0.29, 0.717) is 22.5 Å². The van der Waals surface area contributed by atoms with Crippen molar-refractivity contribution in [1.29, 1.82) is 0 Å². The Balaban J connectivity index is 2.34. The quantitative estimate of drug-likeness (QED) is 0.589. The maximum absolute atomic E-state index is 6.06. The third kappa shape index (κ3) is 3.04. The van der Waals surface area contributed by atoms with Gasteiger partial charge in [0.05, 0.1) is 12.8 Å². The highest BCUT2D eigenvalue weighted by atomic mass is 35.5. The number of halogens is 1. The fraction of sp³-hybridized carbons (Fsp3) is 0.167. The third-order valence-electron chi connectivity index (χ3n) is 2.53. The van der Waals surface area contributed by atoms with Crippen molar-refractivity contribution < 1.29 is 4.74 Å². The normalized spacial score (nSPS) is 10.1. The van der Waals surface area contributed by atoms with Gasteiger partial charge in [0, 0.05) is 17.3 Å². The molecule has 19 heavy (non-hydrogen) atoms. The number of methoxy groups -OCH3 is 1. The number of aromatic nitrogens is 2. The number of aryl methyl sites for hydroxylation is 1. The highest BCUT2D eigenvalue weighted by Crippen LogP contribution is 2.32. The fourth-order valence-corrected chi connectivity index (χ4v) is 1.72. The van der Waals surface area contributed by atoms with Gasteiger partial charge >= 0.3 is 0 Å². The molecule has 0 atom stereocenters. The van der Waals surface area contributed by atoms with Crippen LogP contribution < -0.4 is 21.3 Å². The van der Waals surface area contributed by atoms with E-state index in [0.717, 1.165) is 11.3 Å². The Morgan fingerprint density at radius 3 is 2.84 bits per heavy atom. The van der Waals surface area contributed by atoms with Gasteiger partial charge in [-0.1, -0.05) is 11.6 Å². The van der Waals surface area contributed by atoms with Gasteiger partial charge in [0.15, 0.2) is 0 Å². The van der Waals surface area contributed by atoms with Crippen LogP contribution in [-0.2, 0) is 0 Å². The van der Waals surface area contributed by atoms with E-state index < -0.39 is 0 Å². The van der Waals surface area contributed by atoms with Crippen molar-refractivity contribution in [2.24, 2.45) is 5.84 Å². The Morgan fingerprint density at radius 2 is 2.16 bits per heavy atom. The number of hydrazine groups is 1. The molecule has 1 heterocycles. The summed E-state index contributed by atoms with van der Waals surface area (Å²) < 4.78 is 5.28. The van der Waals surface area contributed by atoms with E-state index in [4.69, 9.17) is 22.2 Å². The monoisotopic (exact) mass is 279 g/mol. The van der Waals surface area contributed by atoms with Crippen LogP contribution in [-0.4, -0.2) is 17.1 Å². The molecular weight excluding hydrogens is 266 g/mol. The average Bonchev–Trinajstić information content (AvgIpc) is 2.43. The number of benzene rings is 1. The van der Waals surface area contributed by atoms with Gasteiger partial charge in [-0.3, -0.25) is 5.43 Å². The lowest BCUT2D eigenvalue weighted by atomic mass is 10.2. The number of nitrogens with two attached hydrogens (primary N) is 1. The van der Waals surface area contributed by atoms with E-state index in [1.54, 1.807) is 25.4 Å². The van der Waals surface area contributed by atoms with E-state index in [1.807, 2.05) is 13.0 Å². The van der Waals surface area contributed by atoms with Gasteiger partial charge in [0.25, 0.3) is 0 Å². The molecule has 0 spiro atoms. The molecule has 0 bridgehead atoms. The van der Waals surface area contributed by atoms with Crippen LogP contribution in [0.2, 0.25) is 5.02 Å². The SMILES string of the molecule is COc1cc(Cl)c(C)cc1Nc1ccnc(NN)n1. The molecule has 100 valence electrons. The van der Waals surface area contributed by atoms with Gasteiger partial charge < -0.3 is 10.1 Å². The summed E-state index contributed by atoms with van der Waals surface area (Å²) in [4.78, 5) is 8.10. The van der Waals surface area contributed by atoms with Crippen LogP contribution in [0.15, 0.2) is 24.4 Å². The first-order chi connectivity index (χ1) is 9.13. The lowest BCUT2D eigenvalue weighted by Gasteiger charge is -2.12. The molecule has 6 nitrogen and oxygen atoms in total. The number of hydrogen-bond acceptors (Lipinski definition) is 6. The third-order valence-corrected chi connectivity index (χ3v) is 2.94. The van der Waals surface area contributed by atoms with Gasteiger partial charge in [-0.25, -0.2) is 10.8 Å². The molecule has 0 unspecified atom stereocenters. The van der Waals surface area contributed by atoms with Crippen molar-refractivity contribution in [3.8, 4) is 5.75 Å². The van der Waals surface area contributed by atoms with Crippen LogP contribution in [0.5, 0.6) is 5.75 Å². The number of anilines is 3. The molecule has 0 fully saturated rings. The van der Waals surface area contributed by atoms with Crippen LogP contribution >= 0.6 is 11.6 Å². The standard InChI is InChI=1S/C12H14ClN5O/c1-7-5-9(10(19-2)6-8(7)13)16-11-3-4-15-12(17-11)18-14/h3-6H,14H2,1-2H3,(H2,15,16,17,18). The van der Waals surface area contributed by atoms with Gasteiger partial charge in [-0.15, -0.1) is 0 Å². The van der Waals surface area contributed by atoms with Gasteiger partial charge in [0.1, 0.15) is 11.6 Å². The van der Waals surface area contributed by atoms with Crippen LogP contribution in [0.4, 0.5) is 17.5 Å². The molecular formula is C12H14ClN5O. The fourth-order valence-electron chi connectivity index (χ4n) is 1.57. The van der Waals surface area contributed by atoms with Gasteiger partial charge in [0.2, 0.25) is 5.95 Å². The van der Waals surface area contributed by atoms with Gasteiger partial charge in [-0.05, 0) is 24.6 Å². The predicted octanol–water partition coefficient (Wildman–Crippen LogP) is 2.48. The Kier molecular flexibility index (Phi) is 4.03. The average molecular weight is 280 g/mol. The minimum absolute atomic E-state index is 0.328. The Morgan fingerprint density at radius 1 is 1.37 bits per heavy atom. The molecule has 0 amide bonds. The van der Waals surface area contributed by atoms with E-state index in [9.17, 15) is 0 Å². The van der Waals surface area contributed by atoms with Crippen molar-refractivity contribution in [3.63, 3.8) is 0 Å². The predicted molar refractivity (Wildman–Crippen MR) is 75.9 cm³/mol. The van der Waals surface area contributed by atoms with Crippen LogP contribution in [0.25, 0.3) is 0 Å². The Hall–Kier alpha value is -2.05. The largest absolute Gasteiger partial charge is 0.495 e. The van der Waals surface area contributed by atoms with Crippen molar-refractivity contribution in [3.05, 3.63) is 35.0 Å². The maximum atomic E-state index is 6.06. The molecule has 2 rings (SSSR count). The molecule has 0 aliphatic heterocycles. The molecule has 0 aliphatic carbocycles. The number of nitrogens with one attached hydrogen (secondary N) is 2. The minimum Gasteiger partial charge on any atom is -0.495 e. The topological polar surface area (TPSA) is 85.1 Å². The first-order valence-electron chi connectivity index (χ1n) is 5.55. The summed E-state index contributed by atoms with van der Waals surface area (Å²) >= 11 is 6.06. The van der Waals surface area contributed by atoms with Crippen molar-refractivity contribution in [1.82, 2.24) is 9.97 Å². The molecule has 0 radical (unpaired) electrons. The van der Waals surface area contributed by atoms with Crippen LogP contribution in [0.3, 0.4) is 0 Å². The second-order valence-electron chi connectivity index (χ2n) is 3.84. The minimum atomic E-state index is 0.328. The van der Waals surface area contributed by atoms with E-state index in [-0.39, 0.29) is 0 Å². The number of nitrogens with zero attached hydrogens (tertiary/aromatic N) is 2. The maximum Gasteiger partial charge on any atom is 0.239 e. The van der Waals surface area contributed by atoms with Crippen molar-refractivity contribution in [2.45, 2.75) is 6.92 Å². The smallest absolute Gasteiger partial charge is 0.239 e. The summed E-state index contributed by atoms with van der Waals surface area (Å²) in [7, 11) is 1.58. The summed E-state index contributed by atoms with van der Waals surface area (Å²) in [5.41, 5.74) is 4.10. The molecule has 1 aromatic heterocycles. The highest BCUT2D eigenvalue weighted by Gasteiger charge is 2.08. The summed E-state index contributed by atoms with van der Waals surface area (Å²) in [6, 6.07) is 5.37. The van der Waals surface area contributed by atoms with Gasteiger partial charge in [-0.2, -0.15) is 4.98 Å². The molecule has 0 aliphatic rings. The second kappa shape index (κ2) is 5.73. The number of nitrogen functional groups attached to an aromatic ring is 1. The number of hydrogen-bond donors (Lipinski definition) is 3. The van der Waals surface area contributed by atoms with Crippen molar-refractivity contribution in [2.75, 3.05) is 17.9 Å². The second-order valence-corrected chi connectivity index (χ2v) is 4.24. The number of rotatable bonds is 4. The lowest BCUT2D eigenvalue weighted by molar-refractivity contribution is 0.416. The Bertz CT molecular complexity index is 590. The summed E-state index contributed by atoms with van der Waals surface area (Å²) in [5, 5.41) is 3.78. The van der Waals surface area contributed by atoms with E-state index in [1.165, 1.54) is 0 Å². The molecule has 0 saturated carbocycles. The van der Waals surface area contributed by atoms with Crippen LogP contribution in [0.1, 0.15) is 5.56 Å². The number of ether oxygens (including phenoxy) is 1. The molecule has 1 aromatic carbocycles. The molecule has 2 aromatic rings. The first-order valence-corrected chi connectivity index (χ1v) is 5.92. The van der Waals surface area contributed by atoms with Crippen molar-refractivity contribution >= 4 is 29.1 Å². The molecule has 4 N–H and O–H groups in total. The summed E-state index contributed by atoms with van der Waals surface area (Å²) in [6.07, 6.45) is 1.60. The Labute approximate surface area is 115 Å². The zero-order chi connectivity index (χ0) is 13.8. The first kappa shape index (κ1) is 13.4. The molecule has 7 heteroatoms. The highest BCUT2D eigenvalue weighted by molar-refractivity contribution is 6.31. The molecule has 0 saturated heterocycles.